The summed E-state index contributed by atoms with van der Waals surface area (Å²) in [6, 6.07) is 8.61. The minimum atomic E-state index is -0.645. The lowest BCUT2D eigenvalue weighted by atomic mass is 10.1. The molecule has 0 heterocycles. The van der Waals surface area contributed by atoms with Gasteiger partial charge in [-0.25, -0.2) is 8.78 Å². The van der Waals surface area contributed by atoms with Crippen LogP contribution < -0.4 is 10.5 Å². The standard InChI is InChI=1S/C15H14ClF2NO/c1-9(19)10-5-6-15(12(16)7-10)20-8-11-13(17)3-2-4-14(11)18/h2-7,9H,8,19H2,1H3. The zero-order valence-electron chi connectivity index (χ0n) is 10.9. The Hall–Kier alpha value is -1.65. The van der Waals surface area contributed by atoms with Crippen LogP contribution >= 0.6 is 11.6 Å². The number of hydrogen-bond donors (Lipinski definition) is 1. The van der Waals surface area contributed by atoms with Gasteiger partial charge in [-0.1, -0.05) is 23.7 Å². The smallest absolute Gasteiger partial charge is 0.138 e. The van der Waals surface area contributed by atoms with Gasteiger partial charge in [0.05, 0.1) is 10.6 Å². The Bertz CT molecular complexity index is 597. The molecule has 2 aromatic rings. The van der Waals surface area contributed by atoms with Gasteiger partial charge >= 0.3 is 0 Å². The lowest BCUT2D eigenvalue weighted by molar-refractivity contribution is 0.292. The Balaban J connectivity index is 2.15. The molecule has 0 bridgehead atoms. The minimum Gasteiger partial charge on any atom is -0.487 e. The highest BCUT2D eigenvalue weighted by Gasteiger charge is 2.11. The monoisotopic (exact) mass is 297 g/mol. The fourth-order valence-corrected chi connectivity index (χ4v) is 1.98. The van der Waals surface area contributed by atoms with Gasteiger partial charge in [-0.15, -0.1) is 0 Å². The summed E-state index contributed by atoms with van der Waals surface area (Å²) >= 11 is 6.05. The van der Waals surface area contributed by atoms with Gasteiger partial charge in [0.25, 0.3) is 0 Å². The van der Waals surface area contributed by atoms with Crippen LogP contribution in [0.4, 0.5) is 8.78 Å². The molecular formula is C15H14ClF2NO. The maximum Gasteiger partial charge on any atom is 0.138 e. The van der Waals surface area contributed by atoms with Crippen molar-refractivity contribution in [2.75, 3.05) is 0 Å². The normalized spacial score (nSPS) is 12.2. The molecular weight excluding hydrogens is 284 g/mol. The largest absolute Gasteiger partial charge is 0.487 e. The number of halogens is 3. The maximum absolute atomic E-state index is 13.5. The number of rotatable bonds is 4. The number of benzene rings is 2. The Labute approximate surface area is 121 Å². The Morgan fingerprint density at radius 2 is 1.85 bits per heavy atom. The fraction of sp³-hybridized carbons (Fsp3) is 0.200. The van der Waals surface area contributed by atoms with Gasteiger partial charge in [-0.05, 0) is 36.8 Å². The molecule has 0 saturated heterocycles. The Morgan fingerprint density at radius 3 is 2.40 bits per heavy atom. The van der Waals surface area contributed by atoms with Crippen molar-refractivity contribution in [3.05, 3.63) is 64.2 Å². The number of nitrogens with two attached hydrogens (primary N) is 1. The van der Waals surface area contributed by atoms with Crippen molar-refractivity contribution in [2.24, 2.45) is 5.73 Å². The second kappa shape index (κ2) is 6.20. The van der Waals surface area contributed by atoms with E-state index in [0.717, 1.165) is 5.56 Å². The van der Waals surface area contributed by atoms with Gasteiger partial charge in [-0.3, -0.25) is 0 Å². The molecule has 0 amide bonds. The molecule has 0 aromatic heterocycles. The van der Waals surface area contributed by atoms with Crippen molar-refractivity contribution in [1.82, 2.24) is 0 Å². The molecule has 0 fully saturated rings. The maximum atomic E-state index is 13.5. The van der Waals surface area contributed by atoms with Crippen LogP contribution in [-0.4, -0.2) is 0 Å². The first-order chi connectivity index (χ1) is 9.49. The molecule has 2 aromatic carbocycles. The van der Waals surface area contributed by atoms with Crippen molar-refractivity contribution in [3.8, 4) is 5.75 Å². The fourth-order valence-electron chi connectivity index (χ4n) is 1.74. The summed E-state index contributed by atoms with van der Waals surface area (Å²) < 4.78 is 32.3. The number of ether oxygens (including phenoxy) is 1. The van der Waals surface area contributed by atoms with Crippen LogP contribution in [0.25, 0.3) is 0 Å². The van der Waals surface area contributed by atoms with E-state index in [0.29, 0.717) is 10.8 Å². The third-order valence-corrected chi connectivity index (χ3v) is 3.21. The Morgan fingerprint density at radius 1 is 1.20 bits per heavy atom. The van der Waals surface area contributed by atoms with Gasteiger partial charge in [-0.2, -0.15) is 0 Å². The highest BCUT2D eigenvalue weighted by Crippen LogP contribution is 2.28. The van der Waals surface area contributed by atoms with Crippen LogP contribution in [0.1, 0.15) is 24.1 Å². The minimum absolute atomic E-state index is 0.125. The van der Waals surface area contributed by atoms with E-state index in [9.17, 15) is 8.78 Å². The Kier molecular flexibility index (Phi) is 4.57. The van der Waals surface area contributed by atoms with E-state index in [1.807, 2.05) is 6.92 Å². The van der Waals surface area contributed by atoms with Crippen molar-refractivity contribution >= 4 is 11.6 Å². The summed E-state index contributed by atoms with van der Waals surface area (Å²) in [7, 11) is 0. The van der Waals surface area contributed by atoms with E-state index in [-0.39, 0.29) is 18.2 Å². The SMILES string of the molecule is CC(N)c1ccc(OCc2c(F)cccc2F)c(Cl)c1. The van der Waals surface area contributed by atoms with Crippen LogP contribution in [0.5, 0.6) is 5.75 Å². The molecule has 106 valence electrons. The summed E-state index contributed by atoms with van der Waals surface area (Å²) in [6.45, 7) is 1.61. The zero-order chi connectivity index (χ0) is 14.7. The van der Waals surface area contributed by atoms with Crippen LogP contribution in [-0.2, 0) is 6.61 Å². The van der Waals surface area contributed by atoms with E-state index in [4.69, 9.17) is 22.1 Å². The first-order valence-electron chi connectivity index (χ1n) is 6.09. The molecule has 20 heavy (non-hydrogen) atoms. The van der Waals surface area contributed by atoms with E-state index in [1.54, 1.807) is 18.2 Å². The van der Waals surface area contributed by atoms with Gasteiger partial charge in [0.15, 0.2) is 0 Å². The average Bonchev–Trinajstić information content (AvgIpc) is 2.39. The summed E-state index contributed by atoms with van der Waals surface area (Å²) in [4.78, 5) is 0. The number of hydrogen-bond acceptors (Lipinski definition) is 2. The molecule has 5 heteroatoms. The lowest BCUT2D eigenvalue weighted by Crippen LogP contribution is -2.05. The predicted octanol–water partition coefficient (Wildman–Crippen LogP) is 4.22. The van der Waals surface area contributed by atoms with Gasteiger partial charge in [0, 0.05) is 6.04 Å². The van der Waals surface area contributed by atoms with E-state index >= 15 is 0 Å². The second-order valence-electron chi connectivity index (χ2n) is 4.47. The molecule has 1 unspecified atom stereocenters. The quantitative estimate of drug-likeness (QED) is 0.917. The van der Waals surface area contributed by atoms with Crippen LogP contribution in [0.15, 0.2) is 36.4 Å². The van der Waals surface area contributed by atoms with Gasteiger partial charge < -0.3 is 10.5 Å². The topological polar surface area (TPSA) is 35.2 Å². The second-order valence-corrected chi connectivity index (χ2v) is 4.87. The molecule has 0 radical (unpaired) electrons. The molecule has 2 rings (SSSR count). The molecule has 0 aliphatic rings. The summed E-state index contributed by atoms with van der Waals surface area (Å²) in [5.74, 6) is -0.930. The van der Waals surface area contributed by atoms with Crippen LogP contribution in [0.2, 0.25) is 5.02 Å². The van der Waals surface area contributed by atoms with E-state index in [2.05, 4.69) is 0 Å². The van der Waals surface area contributed by atoms with Crippen molar-refractivity contribution in [1.29, 1.82) is 0 Å². The first kappa shape index (κ1) is 14.8. The zero-order valence-corrected chi connectivity index (χ0v) is 11.6. The molecule has 0 spiro atoms. The molecule has 1 atom stereocenters. The van der Waals surface area contributed by atoms with Gasteiger partial charge in [0.1, 0.15) is 24.0 Å². The molecule has 0 saturated carbocycles. The summed E-state index contributed by atoms with van der Waals surface area (Å²) in [5, 5.41) is 0.358. The van der Waals surface area contributed by atoms with Crippen LogP contribution in [0, 0.1) is 11.6 Å². The van der Waals surface area contributed by atoms with E-state index in [1.165, 1.54) is 18.2 Å². The van der Waals surface area contributed by atoms with Crippen molar-refractivity contribution in [3.63, 3.8) is 0 Å². The first-order valence-corrected chi connectivity index (χ1v) is 6.47. The molecule has 2 N–H and O–H groups in total. The van der Waals surface area contributed by atoms with E-state index < -0.39 is 11.6 Å². The molecule has 2 nitrogen and oxygen atoms in total. The van der Waals surface area contributed by atoms with Gasteiger partial charge in [0.2, 0.25) is 0 Å². The van der Waals surface area contributed by atoms with Crippen molar-refractivity contribution < 1.29 is 13.5 Å². The predicted molar refractivity (Wildman–Crippen MR) is 74.7 cm³/mol. The highest BCUT2D eigenvalue weighted by atomic mass is 35.5. The molecule has 0 aliphatic heterocycles. The molecule has 0 aliphatic carbocycles. The third-order valence-electron chi connectivity index (χ3n) is 2.92. The van der Waals surface area contributed by atoms with Crippen LogP contribution in [0.3, 0.4) is 0 Å². The lowest BCUT2D eigenvalue weighted by Gasteiger charge is -2.12. The van der Waals surface area contributed by atoms with Crippen molar-refractivity contribution in [2.45, 2.75) is 19.6 Å². The summed E-state index contributed by atoms with van der Waals surface area (Å²) in [5.41, 5.74) is 6.47. The highest BCUT2D eigenvalue weighted by molar-refractivity contribution is 6.32. The summed E-state index contributed by atoms with van der Waals surface area (Å²) in [6.07, 6.45) is 0. The third kappa shape index (κ3) is 3.26. The average molecular weight is 298 g/mol.